The second-order valence-corrected chi connectivity index (χ2v) is 9.29. The molecule has 2 fully saturated rings. The van der Waals surface area contributed by atoms with Crippen molar-refractivity contribution in [1.29, 1.82) is 0 Å². The Morgan fingerprint density at radius 3 is 2.61 bits per heavy atom. The molecule has 1 saturated carbocycles. The minimum Gasteiger partial charge on any atom is -0.351 e. The predicted octanol–water partition coefficient (Wildman–Crippen LogP) is 0.485. The van der Waals surface area contributed by atoms with Gasteiger partial charge < -0.3 is 15.5 Å². The Morgan fingerprint density at radius 2 is 1.92 bits per heavy atom. The normalized spacial score (nSPS) is 19.1. The zero-order valence-electron chi connectivity index (χ0n) is 20.7. The van der Waals surface area contributed by atoms with E-state index in [2.05, 4.69) is 27.4 Å². The molecule has 2 aromatic heterocycles. The van der Waals surface area contributed by atoms with Gasteiger partial charge in [0.15, 0.2) is 11.2 Å². The Balaban J connectivity index is 1.68. The van der Waals surface area contributed by atoms with Gasteiger partial charge in [0, 0.05) is 39.6 Å². The van der Waals surface area contributed by atoms with Gasteiger partial charge in [0.05, 0.1) is 18.6 Å². The first-order valence-corrected chi connectivity index (χ1v) is 12.4. The lowest BCUT2D eigenvalue weighted by Crippen LogP contribution is -2.44. The highest BCUT2D eigenvalue weighted by atomic mass is 16.2. The molecule has 3 heterocycles. The van der Waals surface area contributed by atoms with Crippen LogP contribution in [-0.4, -0.2) is 56.8 Å². The first kappa shape index (κ1) is 23.9. The van der Waals surface area contributed by atoms with Crippen LogP contribution in [-0.2, 0) is 24.3 Å². The van der Waals surface area contributed by atoms with Gasteiger partial charge >= 0.3 is 5.69 Å². The van der Waals surface area contributed by atoms with Gasteiger partial charge in [-0.3, -0.25) is 23.3 Å². The van der Waals surface area contributed by atoms with E-state index in [0.29, 0.717) is 36.5 Å². The average Bonchev–Trinajstić information content (AvgIpc) is 3.51. The van der Waals surface area contributed by atoms with E-state index in [1.165, 1.54) is 11.5 Å². The number of hydrogen-bond acceptors (Lipinski definition) is 6. The van der Waals surface area contributed by atoms with Gasteiger partial charge in [0.1, 0.15) is 0 Å². The third-order valence-electron chi connectivity index (χ3n) is 6.80. The van der Waals surface area contributed by atoms with Gasteiger partial charge in [0.25, 0.3) is 5.56 Å². The van der Waals surface area contributed by atoms with Crippen molar-refractivity contribution in [3.05, 3.63) is 56.7 Å². The summed E-state index contributed by atoms with van der Waals surface area (Å²) in [6.07, 6.45) is 1.17. The number of nitrogens with zero attached hydrogens (tertiary/aromatic N) is 5. The van der Waals surface area contributed by atoms with Gasteiger partial charge in [-0.05, 0) is 25.3 Å². The number of anilines is 1. The molecule has 0 spiro atoms. The maximum absolute atomic E-state index is 13.8. The van der Waals surface area contributed by atoms with Crippen LogP contribution in [0.15, 0.2) is 39.9 Å². The van der Waals surface area contributed by atoms with Crippen molar-refractivity contribution in [2.24, 2.45) is 0 Å². The Kier molecular flexibility index (Phi) is 6.65. The Bertz CT molecular complexity index is 1450. The number of fused-ring (bicyclic) bond motifs is 1. The number of rotatable bonds is 7. The molecule has 188 valence electrons. The lowest BCUT2D eigenvalue weighted by atomic mass is 10.1. The van der Waals surface area contributed by atoms with Crippen LogP contribution < -0.4 is 26.8 Å². The quantitative estimate of drug-likeness (QED) is 0.468. The summed E-state index contributed by atoms with van der Waals surface area (Å²) in [5, 5.41) is 6.25. The molecule has 1 saturated heterocycles. The lowest BCUT2D eigenvalue weighted by molar-refractivity contribution is -0.119. The second-order valence-electron chi connectivity index (χ2n) is 9.29. The number of piperazine rings is 1. The number of carbonyl (C=O) groups excluding carboxylic acids is 1. The maximum atomic E-state index is 13.8. The van der Waals surface area contributed by atoms with Gasteiger partial charge in [-0.25, -0.2) is 4.79 Å². The van der Waals surface area contributed by atoms with Gasteiger partial charge in [-0.15, -0.1) is 5.92 Å². The highest BCUT2D eigenvalue weighted by molar-refractivity contribution is 5.76. The van der Waals surface area contributed by atoms with Crippen LogP contribution in [0.3, 0.4) is 0 Å². The minimum atomic E-state index is -0.389. The molecule has 1 aromatic carbocycles. The molecular formula is C26H31N7O3. The van der Waals surface area contributed by atoms with E-state index in [-0.39, 0.29) is 35.8 Å². The summed E-state index contributed by atoms with van der Waals surface area (Å²) < 4.78 is 4.78. The highest BCUT2D eigenvalue weighted by Gasteiger charge is 2.42. The van der Waals surface area contributed by atoms with Crippen LogP contribution in [0.4, 0.5) is 5.95 Å². The number of carbonyl (C=O) groups is 1. The molecule has 2 unspecified atom stereocenters. The van der Waals surface area contributed by atoms with Crippen LogP contribution >= 0.6 is 0 Å². The zero-order chi connectivity index (χ0) is 25.2. The van der Waals surface area contributed by atoms with Crippen molar-refractivity contribution in [2.75, 3.05) is 31.1 Å². The van der Waals surface area contributed by atoms with Crippen molar-refractivity contribution in [3.63, 3.8) is 0 Å². The van der Waals surface area contributed by atoms with Crippen molar-refractivity contribution in [3.8, 4) is 11.8 Å². The Morgan fingerprint density at radius 1 is 1.17 bits per heavy atom. The van der Waals surface area contributed by atoms with Crippen molar-refractivity contribution >= 4 is 23.0 Å². The van der Waals surface area contributed by atoms with E-state index in [4.69, 9.17) is 4.98 Å². The molecule has 1 aliphatic carbocycles. The number of hydrogen-bond donors (Lipinski definition) is 2. The average molecular weight is 490 g/mol. The molecule has 36 heavy (non-hydrogen) atoms. The van der Waals surface area contributed by atoms with Crippen LogP contribution in [0.5, 0.6) is 0 Å². The van der Waals surface area contributed by atoms with Gasteiger partial charge in [-0.1, -0.05) is 36.3 Å². The SMILES string of the molecule is CC#CCn1c(N2CCNCC2)nc2c1c(=O)n(CCc1ccccc1)c(=O)n2C1CC1NC(C)=O. The zero-order valence-corrected chi connectivity index (χ0v) is 20.7. The van der Waals surface area contributed by atoms with Crippen LogP contribution in [0.2, 0.25) is 0 Å². The van der Waals surface area contributed by atoms with E-state index < -0.39 is 0 Å². The van der Waals surface area contributed by atoms with Gasteiger partial charge in [-0.2, -0.15) is 4.98 Å². The lowest BCUT2D eigenvalue weighted by Gasteiger charge is -2.28. The van der Waals surface area contributed by atoms with E-state index >= 15 is 0 Å². The van der Waals surface area contributed by atoms with Crippen LogP contribution in [0, 0.1) is 11.8 Å². The standard InChI is InChI=1S/C26H31N7O3/c1-3-4-13-31-22-23(29-25(31)30-15-11-27-12-16-30)33(21-17-20(21)28-18(2)34)26(36)32(24(22)35)14-10-19-8-6-5-7-9-19/h5-9,20-21,27H,10-17H2,1-2H3,(H,28,34). The molecule has 0 radical (unpaired) electrons. The number of aromatic nitrogens is 4. The van der Waals surface area contributed by atoms with Gasteiger partial charge in [0.2, 0.25) is 11.9 Å². The van der Waals surface area contributed by atoms with E-state index in [0.717, 1.165) is 31.7 Å². The molecule has 10 nitrogen and oxygen atoms in total. The minimum absolute atomic E-state index is 0.144. The summed E-state index contributed by atoms with van der Waals surface area (Å²) in [5.41, 5.74) is 1.05. The van der Waals surface area contributed by atoms with Crippen molar-refractivity contribution in [1.82, 2.24) is 29.3 Å². The topological polar surface area (TPSA) is 106 Å². The fourth-order valence-electron chi connectivity index (χ4n) is 4.92. The summed E-state index contributed by atoms with van der Waals surface area (Å²) in [4.78, 5) is 46.3. The first-order valence-electron chi connectivity index (χ1n) is 12.4. The summed E-state index contributed by atoms with van der Waals surface area (Å²) in [6.45, 7) is 6.89. The van der Waals surface area contributed by atoms with E-state index in [1.54, 1.807) is 11.5 Å². The molecule has 2 aliphatic rings. The highest BCUT2D eigenvalue weighted by Crippen LogP contribution is 2.36. The van der Waals surface area contributed by atoms with Crippen LogP contribution in [0.25, 0.3) is 11.2 Å². The molecule has 3 aromatic rings. The Labute approximate surface area is 208 Å². The first-order chi connectivity index (χ1) is 17.5. The molecule has 2 N–H and O–H groups in total. The maximum Gasteiger partial charge on any atom is 0.333 e. The molecule has 5 rings (SSSR count). The van der Waals surface area contributed by atoms with E-state index in [9.17, 15) is 14.4 Å². The summed E-state index contributed by atoms with van der Waals surface area (Å²) in [5.74, 6) is 6.50. The molecule has 2 atom stereocenters. The third kappa shape index (κ3) is 4.54. The number of imidazole rings is 1. The molecule has 1 amide bonds. The fraction of sp³-hybridized carbons (Fsp3) is 0.462. The second kappa shape index (κ2) is 10.0. The predicted molar refractivity (Wildman–Crippen MR) is 138 cm³/mol. The number of benzene rings is 1. The van der Waals surface area contributed by atoms with Crippen LogP contribution in [0.1, 0.15) is 31.9 Å². The summed E-state index contributed by atoms with van der Waals surface area (Å²) in [7, 11) is 0. The fourth-order valence-corrected chi connectivity index (χ4v) is 4.92. The monoisotopic (exact) mass is 489 g/mol. The Hall–Kier alpha value is -3.84. The number of nitrogens with one attached hydrogen (secondary N) is 2. The van der Waals surface area contributed by atoms with Crippen molar-refractivity contribution in [2.45, 2.75) is 51.9 Å². The third-order valence-corrected chi connectivity index (χ3v) is 6.80. The number of aryl methyl sites for hydroxylation is 1. The van der Waals surface area contributed by atoms with Crippen molar-refractivity contribution < 1.29 is 4.79 Å². The largest absolute Gasteiger partial charge is 0.351 e. The number of amides is 1. The molecule has 1 aliphatic heterocycles. The summed E-state index contributed by atoms with van der Waals surface area (Å²) >= 11 is 0. The van der Waals surface area contributed by atoms with E-state index in [1.807, 2.05) is 34.9 Å². The smallest absolute Gasteiger partial charge is 0.333 e. The summed E-state index contributed by atoms with van der Waals surface area (Å²) in [6, 6.07) is 9.39. The molecule has 0 bridgehead atoms. The molecular weight excluding hydrogens is 458 g/mol. The molecule has 10 heteroatoms.